The zero-order valence-electron chi connectivity index (χ0n) is 20.9. The fourth-order valence-corrected chi connectivity index (χ4v) is 6.21. The molecule has 7 nitrogen and oxygen atoms in total. The number of carboxylic acids is 1. The molecule has 4 atom stereocenters. The summed E-state index contributed by atoms with van der Waals surface area (Å²) in [5.74, 6) is -1.58. The Hall–Kier alpha value is -3.03. The minimum absolute atomic E-state index is 0.0412. The number of fused-ring (bicyclic) bond motifs is 1. The van der Waals surface area contributed by atoms with Gasteiger partial charge in [0, 0.05) is 41.3 Å². The molecule has 8 heteroatoms. The van der Waals surface area contributed by atoms with E-state index in [2.05, 4.69) is 6.92 Å². The van der Waals surface area contributed by atoms with Crippen molar-refractivity contribution in [2.45, 2.75) is 77.2 Å². The lowest BCUT2D eigenvalue weighted by Crippen LogP contribution is -2.38. The third kappa shape index (κ3) is 3.85. The first-order valence-electron chi connectivity index (χ1n) is 13.3. The van der Waals surface area contributed by atoms with Crippen molar-refractivity contribution in [3.8, 4) is 0 Å². The number of halogens is 1. The SMILES string of the molecule is C[C@@H]1CCCCCN1C(=O)c1cc(C2CC2)n2nc(C3=C(F)C(C)([C@H]4C[C@@H]4C(=O)O)CC=C3)cc2n1. The molecule has 1 N–H and O–H groups in total. The van der Waals surface area contributed by atoms with Crippen LogP contribution in [-0.2, 0) is 4.79 Å². The van der Waals surface area contributed by atoms with Gasteiger partial charge in [-0.05, 0) is 57.4 Å². The molecule has 1 saturated heterocycles. The minimum Gasteiger partial charge on any atom is -0.481 e. The van der Waals surface area contributed by atoms with Gasteiger partial charge in [0.2, 0.25) is 0 Å². The van der Waals surface area contributed by atoms with Gasteiger partial charge in [-0.15, -0.1) is 0 Å². The lowest BCUT2D eigenvalue weighted by atomic mass is 9.74. The molecular weight excluding hydrogens is 459 g/mol. The van der Waals surface area contributed by atoms with Crippen LogP contribution in [0.25, 0.3) is 11.2 Å². The Morgan fingerprint density at radius 1 is 1.17 bits per heavy atom. The highest BCUT2D eigenvalue weighted by Crippen LogP contribution is 2.59. The number of allylic oxidation sites excluding steroid dienone is 4. The molecule has 6 rings (SSSR count). The maximum atomic E-state index is 15.9. The molecule has 0 radical (unpaired) electrons. The summed E-state index contributed by atoms with van der Waals surface area (Å²) < 4.78 is 17.7. The number of carbonyl (C=O) groups is 2. The summed E-state index contributed by atoms with van der Waals surface area (Å²) in [5.41, 5.74) is 1.96. The third-order valence-electron chi connectivity index (χ3n) is 8.75. The van der Waals surface area contributed by atoms with E-state index < -0.39 is 17.3 Å². The minimum atomic E-state index is -0.855. The third-order valence-corrected chi connectivity index (χ3v) is 8.75. The number of aromatic nitrogens is 3. The zero-order valence-corrected chi connectivity index (χ0v) is 20.9. The molecule has 190 valence electrons. The van der Waals surface area contributed by atoms with Crippen LogP contribution in [0, 0.1) is 17.3 Å². The summed E-state index contributed by atoms with van der Waals surface area (Å²) in [5, 5.41) is 14.2. The number of carboxylic acid groups (broad SMARTS) is 1. The lowest BCUT2D eigenvalue weighted by molar-refractivity contribution is -0.139. The largest absolute Gasteiger partial charge is 0.481 e. The van der Waals surface area contributed by atoms with Crippen LogP contribution in [0.2, 0.25) is 0 Å². The average Bonchev–Trinajstić information content (AvgIpc) is 3.76. The van der Waals surface area contributed by atoms with Crippen molar-refractivity contribution in [1.29, 1.82) is 0 Å². The van der Waals surface area contributed by atoms with Gasteiger partial charge in [0.1, 0.15) is 11.5 Å². The highest BCUT2D eigenvalue weighted by molar-refractivity contribution is 5.93. The van der Waals surface area contributed by atoms with Crippen LogP contribution in [0.15, 0.2) is 30.1 Å². The first-order chi connectivity index (χ1) is 17.3. The van der Waals surface area contributed by atoms with Gasteiger partial charge in [0.05, 0.1) is 11.6 Å². The van der Waals surface area contributed by atoms with E-state index in [-0.39, 0.29) is 23.7 Å². The first-order valence-corrected chi connectivity index (χ1v) is 13.3. The van der Waals surface area contributed by atoms with Crippen LogP contribution in [0.5, 0.6) is 0 Å². The fraction of sp³-hybridized carbons (Fsp3) is 0.571. The van der Waals surface area contributed by atoms with E-state index >= 15 is 4.39 Å². The molecule has 0 aromatic carbocycles. The number of nitrogens with zero attached hydrogens (tertiary/aromatic N) is 4. The number of hydrogen-bond donors (Lipinski definition) is 1. The molecule has 2 saturated carbocycles. The van der Waals surface area contributed by atoms with Gasteiger partial charge in [0.25, 0.3) is 5.91 Å². The first kappa shape index (κ1) is 23.4. The Morgan fingerprint density at radius 2 is 1.97 bits per heavy atom. The number of likely N-dealkylation sites (tertiary alicyclic amines) is 1. The van der Waals surface area contributed by atoms with E-state index in [9.17, 15) is 14.7 Å². The van der Waals surface area contributed by atoms with Crippen LogP contribution in [0.4, 0.5) is 4.39 Å². The molecule has 0 spiro atoms. The Bertz CT molecular complexity index is 1310. The summed E-state index contributed by atoms with van der Waals surface area (Å²) >= 11 is 0. The molecule has 3 heterocycles. The Morgan fingerprint density at radius 3 is 2.69 bits per heavy atom. The van der Waals surface area contributed by atoms with Gasteiger partial charge in [-0.1, -0.05) is 31.9 Å². The fourth-order valence-electron chi connectivity index (χ4n) is 6.21. The zero-order chi connectivity index (χ0) is 25.2. The maximum absolute atomic E-state index is 15.9. The quantitative estimate of drug-likeness (QED) is 0.606. The van der Waals surface area contributed by atoms with Crippen molar-refractivity contribution in [3.63, 3.8) is 0 Å². The van der Waals surface area contributed by atoms with Gasteiger partial charge in [0.15, 0.2) is 5.65 Å². The van der Waals surface area contributed by atoms with Gasteiger partial charge < -0.3 is 10.0 Å². The summed E-state index contributed by atoms with van der Waals surface area (Å²) in [6, 6.07) is 3.83. The van der Waals surface area contributed by atoms with E-state index in [0.29, 0.717) is 41.4 Å². The number of carbonyl (C=O) groups excluding carboxylic acids is 1. The van der Waals surface area contributed by atoms with Gasteiger partial charge in [-0.25, -0.2) is 13.9 Å². The van der Waals surface area contributed by atoms with Crippen molar-refractivity contribution < 1.29 is 19.1 Å². The molecule has 36 heavy (non-hydrogen) atoms. The Balaban J connectivity index is 1.39. The molecule has 1 amide bonds. The molecular formula is C28H33FN4O3. The Labute approximate surface area is 210 Å². The summed E-state index contributed by atoms with van der Waals surface area (Å²) in [6.07, 6.45) is 11.0. The van der Waals surface area contributed by atoms with Crippen molar-refractivity contribution in [3.05, 3.63) is 47.2 Å². The van der Waals surface area contributed by atoms with Crippen molar-refractivity contribution in [2.24, 2.45) is 17.3 Å². The maximum Gasteiger partial charge on any atom is 0.306 e. The summed E-state index contributed by atoms with van der Waals surface area (Å²) in [4.78, 5) is 31.6. The van der Waals surface area contributed by atoms with Crippen molar-refractivity contribution >= 4 is 23.1 Å². The van der Waals surface area contributed by atoms with Crippen molar-refractivity contribution in [1.82, 2.24) is 19.5 Å². The highest BCUT2D eigenvalue weighted by atomic mass is 19.1. The molecule has 2 aromatic rings. The number of hydrogen-bond acceptors (Lipinski definition) is 4. The topological polar surface area (TPSA) is 87.8 Å². The molecule has 2 aromatic heterocycles. The number of amides is 1. The molecule has 3 fully saturated rings. The van der Waals surface area contributed by atoms with Crippen LogP contribution in [0.3, 0.4) is 0 Å². The predicted molar refractivity (Wildman–Crippen MR) is 133 cm³/mol. The second-order valence-corrected chi connectivity index (χ2v) is 11.4. The second-order valence-electron chi connectivity index (χ2n) is 11.4. The number of aliphatic carboxylic acids is 1. The molecule has 4 aliphatic rings. The second kappa shape index (κ2) is 8.53. The molecule has 1 unspecified atom stereocenters. The average molecular weight is 493 g/mol. The van der Waals surface area contributed by atoms with Gasteiger partial charge >= 0.3 is 5.97 Å². The van der Waals surface area contributed by atoms with E-state index in [1.165, 1.54) is 0 Å². The van der Waals surface area contributed by atoms with Gasteiger partial charge in [-0.2, -0.15) is 5.10 Å². The smallest absolute Gasteiger partial charge is 0.306 e. The standard InChI is InChI=1S/C28H33FN4O3/c1-16-7-4-3-5-12-32(16)26(34)22-14-23(17-9-10-17)33-24(30-22)15-21(31-33)18-8-6-11-28(2,25(18)29)20-13-19(20)27(35)36/h6,8,14-17,19-20H,3-5,7,9-13H2,1-2H3,(H,35,36)/t16-,19+,20+,28?/m1/s1. The molecule has 3 aliphatic carbocycles. The van der Waals surface area contributed by atoms with Crippen molar-refractivity contribution in [2.75, 3.05) is 6.54 Å². The van der Waals surface area contributed by atoms with Crippen LogP contribution < -0.4 is 0 Å². The normalized spacial score (nSPS) is 30.5. The summed E-state index contributed by atoms with van der Waals surface area (Å²) in [7, 11) is 0. The van der Waals surface area contributed by atoms with E-state index in [1.54, 1.807) is 16.7 Å². The van der Waals surface area contributed by atoms with Crippen LogP contribution >= 0.6 is 0 Å². The van der Waals surface area contributed by atoms with Crippen LogP contribution in [0.1, 0.15) is 93.0 Å². The lowest BCUT2D eigenvalue weighted by Gasteiger charge is -2.31. The van der Waals surface area contributed by atoms with E-state index in [0.717, 1.165) is 50.8 Å². The van der Waals surface area contributed by atoms with Crippen LogP contribution in [-0.4, -0.2) is 49.1 Å². The Kier molecular flexibility index (Phi) is 5.54. The molecule has 1 aliphatic heterocycles. The summed E-state index contributed by atoms with van der Waals surface area (Å²) in [6.45, 7) is 4.68. The predicted octanol–water partition coefficient (Wildman–Crippen LogP) is 5.38. The molecule has 0 bridgehead atoms. The highest BCUT2D eigenvalue weighted by Gasteiger charge is 2.56. The number of rotatable bonds is 5. The van der Waals surface area contributed by atoms with E-state index in [4.69, 9.17) is 10.1 Å². The monoisotopic (exact) mass is 492 g/mol. The van der Waals surface area contributed by atoms with Gasteiger partial charge in [-0.3, -0.25) is 9.59 Å². The van der Waals surface area contributed by atoms with E-state index in [1.807, 2.05) is 24.0 Å².